The molecule has 0 atom stereocenters. The minimum absolute atomic E-state index is 0.101. The summed E-state index contributed by atoms with van der Waals surface area (Å²) in [4.78, 5) is 24.8. The average molecular weight is 348 g/mol. The van der Waals surface area contributed by atoms with Crippen molar-refractivity contribution >= 4 is 18.0 Å². The zero-order valence-electron chi connectivity index (χ0n) is 15.9. The van der Waals surface area contributed by atoms with Crippen molar-refractivity contribution in [2.75, 3.05) is 13.2 Å². The average Bonchev–Trinajstić information content (AvgIpc) is 2.48. The fourth-order valence-corrected chi connectivity index (χ4v) is 1.66. The second-order valence-electron chi connectivity index (χ2n) is 8.42. The first-order chi connectivity index (χ1) is 11.4. The Morgan fingerprint density at radius 2 is 1.28 bits per heavy atom. The van der Waals surface area contributed by atoms with Crippen molar-refractivity contribution in [2.45, 2.75) is 41.5 Å². The minimum atomic E-state index is -0.720. The van der Waals surface area contributed by atoms with E-state index >= 15 is 0 Å². The van der Waals surface area contributed by atoms with Gasteiger partial charge < -0.3 is 14.6 Å². The molecule has 0 bridgehead atoms. The van der Waals surface area contributed by atoms with Crippen LogP contribution in [0.3, 0.4) is 0 Å². The molecule has 1 N–H and O–H groups in total. The Morgan fingerprint density at radius 1 is 0.880 bits per heavy atom. The van der Waals surface area contributed by atoms with Gasteiger partial charge >= 0.3 is 11.9 Å². The van der Waals surface area contributed by atoms with E-state index in [9.17, 15) is 14.7 Å². The van der Waals surface area contributed by atoms with Crippen molar-refractivity contribution in [3.05, 3.63) is 35.4 Å². The Hall–Kier alpha value is -2.30. The summed E-state index contributed by atoms with van der Waals surface area (Å²) < 4.78 is 10.5. The van der Waals surface area contributed by atoms with Crippen molar-refractivity contribution in [1.29, 1.82) is 0 Å². The van der Waals surface area contributed by atoms with Crippen molar-refractivity contribution in [3.63, 3.8) is 0 Å². The van der Waals surface area contributed by atoms with Crippen LogP contribution in [0.4, 0.5) is 0 Å². The second-order valence-corrected chi connectivity index (χ2v) is 8.42. The van der Waals surface area contributed by atoms with Crippen LogP contribution in [0.25, 0.3) is 6.08 Å². The van der Waals surface area contributed by atoms with Crippen LogP contribution >= 0.6 is 0 Å². The Bertz CT molecular complexity index is 596. The summed E-state index contributed by atoms with van der Waals surface area (Å²) in [5, 5.41) is 9.35. The second kappa shape index (κ2) is 8.19. The number of ether oxygens (including phenoxy) is 2. The lowest BCUT2D eigenvalue weighted by atomic mass is 9.98. The molecule has 5 nitrogen and oxygen atoms in total. The van der Waals surface area contributed by atoms with Crippen molar-refractivity contribution in [1.82, 2.24) is 0 Å². The van der Waals surface area contributed by atoms with E-state index in [1.165, 1.54) is 18.2 Å². The van der Waals surface area contributed by atoms with Gasteiger partial charge in [0.2, 0.25) is 0 Å². The van der Waals surface area contributed by atoms with Crippen LogP contribution in [0, 0.1) is 10.8 Å². The largest absolute Gasteiger partial charge is 0.508 e. The number of esters is 2. The fraction of sp³-hybridized carbons (Fsp3) is 0.500. The lowest BCUT2D eigenvalue weighted by molar-refractivity contribution is -0.149. The summed E-state index contributed by atoms with van der Waals surface area (Å²) >= 11 is 0. The van der Waals surface area contributed by atoms with Gasteiger partial charge in [-0.2, -0.15) is 0 Å². The molecule has 0 amide bonds. The Labute approximate surface area is 149 Å². The zero-order valence-corrected chi connectivity index (χ0v) is 15.9. The molecule has 1 aromatic carbocycles. The molecular formula is C20H28O5. The van der Waals surface area contributed by atoms with E-state index in [2.05, 4.69) is 0 Å². The van der Waals surface area contributed by atoms with Crippen LogP contribution in [0.5, 0.6) is 5.75 Å². The normalized spacial score (nSPS) is 11.6. The molecule has 0 aromatic heterocycles. The van der Waals surface area contributed by atoms with E-state index in [1.54, 1.807) is 12.1 Å². The first kappa shape index (κ1) is 20.7. The van der Waals surface area contributed by atoms with Crippen LogP contribution in [0.1, 0.15) is 47.1 Å². The highest BCUT2D eigenvalue weighted by atomic mass is 16.6. The van der Waals surface area contributed by atoms with E-state index in [0.717, 1.165) is 0 Å². The number of carbonyl (C=O) groups excluding carboxylic acids is 2. The summed E-state index contributed by atoms with van der Waals surface area (Å²) in [5.41, 5.74) is -0.00381. The Morgan fingerprint density at radius 3 is 1.64 bits per heavy atom. The monoisotopic (exact) mass is 348 g/mol. The van der Waals surface area contributed by atoms with E-state index in [-0.39, 0.29) is 35.4 Å². The number of phenols is 1. The molecular weight excluding hydrogens is 320 g/mol. The number of benzene rings is 1. The third kappa shape index (κ3) is 8.38. The van der Waals surface area contributed by atoms with Gasteiger partial charge in [-0.15, -0.1) is 0 Å². The molecule has 25 heavy (non-hydrogen) atoms. The first-order valence-corrected chi connectivity index (χ1v) is 8.22. The van der Waals surface area contributed by atoms with E-state index < -0.39 is 11.9 Å². The number of hydrogen-bond donors (Lipinski definition) is 1. The number of rotatable bonds is 5. The van der Waals surface area contributed by atoms with Crippen LogP contribution in [0.15, 0.2) is 29.8 Å². The van der Waals surface area contributed by atoms with Crippen LogP contribution in [0.2, 0.25) is 0 Å². The summed E-state index contributed by atoms with van der Waals surface area (Å²) in [6.07, 6.45) is 1.41. The molecule has 0 saturated carbocycles. The standard InChI is InChI=1S/C20H28O5/c1-19(2,3)12-24-17(22)16(18(23)25-13-20(4,5)6)11-14-7-9-15(21)10-8-14/h7-11,21H,12-13H2,1-6H3. The van der Waals surface area contributed by atoms with Gasteiger partial charge in [-0.3, -0.25) is 0 Å². The predicted octanol–water partition coefficient (Wildman–Crippen LogP) is 3.95. The van der Waals surface area contributed by atoms with E-state index in [4.69, 9.17) is 9.47 Å². The number of hydrogen-bond acceptors (Lipinski definition) is 5. The maximum atomic E-state index is 12.4. The summed E-state index contributed by atoms with van der Waals surface area (Å²) in [5.74, 6) is -1.34. The van der Waals surface area contributed by atoms with Gasteiger partial charge in [0.25, 0.3) is 0 Å². The molecule has 0 radical (unpaired) electrons. The molecule has 0 heterocycles. The summed E-state index contributed by atoms with van der Waals surface area (Å²) in [6, 6.07) is 6.15. The smallest absolute Gasteiger partial charge is 0.345 e. The molecule has 0 fully saturated rings. The van der Waals surface area contributed by atoms with Gasteiger partial charge in [0.15, 0.2) is 0 Å². The van der Waals surface area contributed by atoms with Crippen molar-refractivity contribution < 1.29 is 24.2 Å². The summed E-state index contributed by atoms with van der Waals surface area (Å²) in [6.45, 7) is 12.0. The van der Waals surface area contributed by atoms with Crippen LogP contribution < -0.4 is 0 Å². The van der Waals surface area contributed by atoms with Gasteiger partial charge in [-0.25, -0.2) is 9.59 Å². The number of aromatic hydroxyl groups is 1. The highest BCUT2D eigenvalue weighted by molar-refractivity contribution is 6.17. The van der Waals surface area contributed by atoms with E-state index in [0.29, 0.717) is 5.56 Å². The molecule has 0 aliphatic heterocycles. The molecule has 0 saturated heterocycles. The molecule has 0 spiro atoms. The van der Waals surface area contributed by atoms with Gasteiger partial charge in [0.1, 0.15) is 11.3 Å². The SMILES string of the molecule is CC(C)(C)COC(=O)C(=Cc1ccc(O)cc1)C(=O)OCC(C)(C)C. The fourth-order valence-electron chi connectivity index (χ4n) is 1.66. The molecule has 1 rings (SSSR count). The molecule has 0 unspecified atom stereocenters. The minimum Gasteiger partial charge on any atom is -0.508 e. The quantitative estimate of drug-likeness (QED) is 0.377. The van der Waals surface area contributed by atoms with Gasteiger partial charge in [-0.05, 0) is 34.6 Å². The first-order valence-electron chi connectivity index (χ1n) is 8.22. The number of phenolic OH excluding ortho intramolecular Hbond substituents is 1. The highest BCUT2D eigenvalue weighted by Crippen LogP contribution is 2.19. The Kier molecular flexibility index (Phi) is 6.79. The third-order valence-electron chi connectivity index (χ3n) is 2.92. The predicted molar refractivity (Wildman–Crippen MR) is 96.9 cm³/mol. The highest BCUT2D eigenvalue weighted by Gasteiger charge is 2.25. The molecule has 138 valence electrons. The number of carbonyl (C=O) groups is 2. The molecule has 5 heteroatoms. The van der Waals surface area contributed by atoms with Crippen molar-refractivity contribution in [3.8, 4) is 5.75 Å². The topological polar surface area (TPSA) is 72.8 Å². The Balaban J connectivity index is 3.02. The third-order valence-corrected chi connectivity index (χ3v) is 2.92. The lowest BCUT2D eigenvalue weighted by Crippen LogP contribution is -2.25. The van der Waals surface area contributed by atoms with Crippen molar-refractivity contribution in [2.24, 2.45) is 10.8 Å². The van der Waals surface area contributed by atoms with Crippen LogP contribution in [-0.4, -0.2) is 30.3 Å². The molecule has 0 aliphatic rings. The molecule has 0 aliphatic carbocycles. The molecule has 1 aromatic rings. The van der Waals surface area contributed by atoms with Gasteiger partial charge in [0, 0.05) is 0 Å². The maximum Gasteiger partial charge on any atom is 0.345 e. The zero-order chi connectivity index (χ0) is 19.3. The van der Waals surface area contributed by atoms with Gasteiger partial charge in [0.05, 0.1) is 13.2 Å². The van der Waals surface area contributed by atoms with E-state index in [1.807, 2.05) is 41.5 Å². The summed E-state index contributed by atoms with van der Waals surface area (Å²) in [7, 11) is 0. The maximum absolute atomic E-state index is 12.4. The van der Waals surface area contributed by atoms with Crippen LogP contribution in [-0.2, 0) is 19.1 Å². The lowest BCUT2D eigenvalue weighted by Gasteiger charge is -2.20. The van der Waals surface area contributed by atoms with Gasteiger partial charge in [-0.1, -0.05) is 53.7 Å².